The second-order valence-electron chi connectivity index (χ2n) is 5.29. The van der Waals surface area contributed by atoms with Gasteiger partial charge in [-0.25, -0.2) is 0 Å². The van der Waals surface area contributed by atoms with E-state index in [2.05, 4.69) is 24.2 Å². The van der Waals surface area contributed by atoms with Crippen LogP contribution < -0.4 is 5.32 Å². The number of ether oxygens (including phenoxy) is 1. The summed E-state index contributed by atoms with van der Waals surface area (Å²) in [5.41, 5.74) is 1.17. The first-order chi connectivity index (χ1) is 9.31. The highest BCUT2D eigenvalue weighted by Crippen LogP contribution is 2.17. The van der Waals surface area contributed by atoms with E-state index in [9.17, 15) is 0 Å². The molecule has 1 aromatic heterocycles. The standard InChI is InChI=1S/C15H26N2O2/c1-3-16-10-15-13(7-9-19-15)11-18-12-14-6-4-5-8-17(14)2/h7,9,14,16H,3-6,8,10-12H2,1-2H3. The van der Waals surface area contributed by atoms with E-state index in [1.165, 1.54) is 31.4 Å². The van der Waals surface area contributed by atoms with Crippen molar-refractivity contribution in [2.45, 2.75) is 45.4 Å². The van der Waals surface area contributed by atoms with Crippen molar-refractivity contribution >= 4 is 0 Å². The number of piperidine rings is 1. The molecule has 0 saturated carbocycles. The van der Waals surface area contributed by atoms with Gasteiger partial charge in [-0.15, -0.1) is 0 Å². The number of furan rings is 1. The minimum atomic E-state index is 0.581. The Labute approximate surface area is 116 Å². The fourth-order valence-corrected chi connectivity index (χ4v) is 2.55. The zero-order valence-corrected chi connectivity index (χ0v) is 12.2. The molecular formula is C15H26N2O2. The molecule has 1 aliphatic rings. The fourth-order valence-electron chi connectivity index (χ4n) is 2.55. The Balaban J connectivity index is 1.74. The molecule has 0 spiro atoms. The van der Waals surface area contributed by atoms with E-state index in [0.29, 0.717) is 12.6 Å². The van der Waals surface area contributed by atoms with Gasteiger partial charge in [0.15, 0.2) is 0 Å². The summed E-state index contributed by atoms with van der Waals surface area (Å²) in [5.74, 6) is 0.999. The Morgan fingerprint density at radius 1 is 1.47 bits per heavy atom. The van der Waals surface area contributed by atoms with E-state index in [4.69, 9.17) is 9.15 Å². The molecule has 19 heavy (non-hydrogen) atoms. The molecule has 108 valence electrons. The maximum absolute atomic E-state index is 5.88. The lowest BCUT2D eigenvalue weighted by molar-refractivity contribution is 0.0438. The summed E-state index contributed by atoms with van der Waals surface area (Å²) in [5, 5.41) is 3.28. The van der Waals surface area contributed by atoms with E-state index in [-0.39, 0.29) is 0 Å². The number of nitrogens with one attached hydrogen (secondary N) is 1. The van der Waals surface area contributed by atoms with Crippen molar-refractivity contribution in [1.82, 2.24) is 10.2 Å². The second-order valence-corrected chi connectivity index (χ2v) is 5.29. The van der Waals surface area contributed by atoms with Crippen LogP contribution in [0.1, 0.15) is 37.5 Å². The van der Waals surface area contributed by atoms with Gasteiger partial charge in [-0.1, -0.05) is 13.3 Å². The molecule has 0 aliphatic carbocycles. The Hall–Kier alpha value is -0.840. The average Bonchev–Trinajstić information content (AvgIpc) is 2.86. The summed E-state index contributed by atoms with van der Waals surface area (Å²) in [4.78, 5) is 2.42. The first-order valence-electron chi connectivity index (χ1n) is 7.35. The van der Waals surface area contributed by atoms with Gasteiger partial charge in [-0.2, -0.15) is 0 Å². The molecular weight excluding hydrogens is 240 g/mol. The Kier molecular flexibility index (Phi) is 5.89. The van der Waals surface area contributed by atoms with Crippen molar-refractivity contribution in [3.05, 3.63) is 23.7 Å². The predicted molar refractivity (Wildman–Crippen MR) is 76.0 cm³/mol. The lowest BCUT2D eigenvalue weighted by Gasteiger charge is -2.32. The summed E-state index contributed by atoms with van der Waals surface area (Å²) < 4.78 is 11.4. The van der Waals surface area contributed by atoms with Crippen LogP contribution in [-0.4, -0.2) is 37.7 Å². The van der Waals surface area contributed by atoms with E-state index in [0.717, 1.165) is 25.5 Å². The number of rotatable bonds is 7. The third-order valence-electron chi connectivity index (χ3n) is 3.86. The molecule has 1 unspecified atom stereocenters. The molecule has 0 bridgehead atoms. The van der Waals surface area contributed by atoms with Crippen molar-refractivity contribution in [3.8, 4) is 0 Å². The van der Waals surface area contributed by atoms with Gasteiger partial charge >= 0.3 is 0 Å². The normalized spacial score (nSPS) is 20.8. The molecule has 0 amide bonds. The summed E-state index contributed by atoms with van der Waals surface area (Å²) >= 11 is 0. The summed E-state index contributed by atoms with van der Waals surface area (Å²) in [6.45, 7) is 6.51. The Morgan fingerprint density at radius 2 is 2.37 bits per heavy atom. The minimum Gasteiger partial charge on any atom is -0.468 e. The molecule has 2 heterocycles. The summed E-state index contributed by atoms with van der Waals surface area (Å²) in [7, 11) is 2.20. The molecule has 1 fully saturated rings. The highest BCUT2D eigenvalue weighted by Gasteiger charge is 2.19. The van der Waals surface area contributed by atoms with E-state index >= 15 is 0 Å². The zero-order chi connectivity index (χ0) is 13.5. The van der Waals surface area contributed by atoms with E-state index < -0.39 is 0 Å². The number of hydrogen-bond donors (Lipinski definition) is 1. The van der Waals surface area contributed by atoms with Crippen LogP contribution in [0.5, 0.6) is 0 Å². The molecule has 1 N–H and O–H groups in total. The van der Waals surface area contributed by atoms with Gasteiger partial charge in [0.2, 0.25) is 0 Å². The number of likely N-dealkylation sites (N-methyl/N-ethyl adjacent to an activating group) is 1. The fraction of sp³-hybridized carbons (Fsp3) is 0.733. The molecule has 1 aliphatic heterocycles. The molecule has 1 saturated heterocycles. The van der Waals surface area contributed by atoms with Gasteiger partial charge in [0, 0.05) is 11.6 Å². The van der Waals surface area contributed by atoms with Crippen LogP contribution in [0, 0.1) is 0 Å². The third-order valence-corrected chi connectivity index (χ3v) is 3.86. The van der Waals surface area contributed by atoms with E-state index in [1.54, 1.807) is 6.26 Å². The summed E-state index contributed by atoms with van der Waals surface area (Å²) in [6.07, 6.45) is 5.65. The van der Waals surface area contributed by atoms with Crippen molar-refractivity contribution in [2.75, 3.05) is 26.7 Å². The number of nitrogens with zero attached hydrogens (tertiary/aromatic N) is 1. The quantitative estimate of drug-likeness (QED) is 0.822. The minimum absolute atomic E-state index is 0.581. The first-order valence-corrected chi connectivity index (χ1v) is 7.35. The highest BCUT2D eigenvalue weighted by atomic mass is 16.5. The molecule has 4 nitrogen and oxygen atoms in total. The molecule has 0 aromatic carbocycles. The SMILES string of the molecule is CCNCc1occc1COCC1CCCCN1C. The summed E-state index contributed by atoms with van der Waals surface area (Å²) in [6, 6.07) is 2.59. The Bertz CT molecular complexity index is 365. The van der Waals surface area contributed by atoms with Crippen LogP contribution in [0.15, 0.2) is 16.7 Å². The van der Waals surface area contributed by atoms with Crippen LogP contribution >= 0.6 is 0 Å². The highest BCUT2D eigenvalue weighted by molar-refractivity contribution is 5.15. The molecule has 0 radical (unpaired) electrons. The monoisotopic (exact) mass is 266 g/mol. The van der Waals surface area contributed by atoms with Gasteiger partial charge < -0.3 is 19.4 Å². The smallest absolute Gasteiger partial charge is 0.123 e. The number of hydrogen-bond acceptors (Lipinski definition) is 4. The lowest BCUT2D eigenvalue weighted by Crippen LogP contribution is -2.39. The van der Waals surface area contributed by atoms with Crippen molar-refractivity contribution in [3.63, 3.8) is 0 Å². The average molecular weight is 266 g/mol. The maximum Gasteiger partial charge on any atom is 0.123 e. The van der Waals surface area contributed by atoms with Crippen LogP contribution in [0.4, 0.5) is 0 Å². The van der Waals surface area contributed by atoms with Gasteiger partial charge in [0.05, 0.1) is 26.0 Å². The molecule has 1 atom stereocenters. The molecule has 2 rings (SSSR count). The largest absolute Gasteiger partial charge is 0.468 e. The molecule has 1 aromatic rings. The van der Waals surface area contributed by atoms with Crippen molar-refractivity contribution in [2.24, 2.45) is 0 Å². The lowest BCUT2D eigenvalue weighted by atomic mass is 10.0. The predicted octanol–water partition coefficient (Wildman–Crippen LogP) is 2.39. The first kappa shape index (κ1) is 14.6. The van der Waals surface area contributed by atoms with Crippen LogP contribution in [-0.2, 0) is 17.9 Å². The third kappa shape index (κ3) is 4.34. The second kappa shape index (κ2) is 7.68. The van der Waals surface area contributed by atoms with Gasteiger partial charge in [0.25, 0.3) is 0 Å². The van der Waals surface area contributed by atoms with Crippen LogP contribution in [0.2, 0.25) is 0 Å². The topological polar surface area (TPSA) is 37.6 Å². The molecule has 4 heteroatoms. The zero-order valence-electron chi connectivity index (χ0n) is 12.2. The van der Waals surface area contributed by atoms with Gasteiger partial charge in [0.1, 0.15) is 5.76 Å². The van der Waals surface area contributed by atoms with E-state index in [1.807, 2.05) is 6.07 Å². The number of likely N-dealkylation sites (tertiary alicyclic amines) is 1. The van der Waals surface area contributed by atoms with Crippen molar-refractivity contribution in [1.29, 1.82) is 0 Å². The Morgan fingerprint density at radius 3 is 3.16 bits per heavy atom. The van der Waals surface area contributed by atoms with Gasteiger partial charge in [-0.3, -0.25) is 0 Å². The van der Waals surface area contributed by atoms with Crippen LogP contribution in [0.25, 0.3) is 0 Å². The van der Waals surface area contributed by atoms with Gasteiger partial charge in [-0.05, 0) is 39.0 Å². The van der Waals surface area contributed by atoms with Crippen LogP contribution in [0.3, 0.4) is 0 Å². The maximum atomic E-state index is 5.88. The van der Waals surface area contributed by atoms with Crippen molar-refractivity contribution < 1.29 is 9.15 Å².